The summed E-state index contributed by atoms with van der Waals surface area (Å²) in [5.41, 5.74) is 8.39. The van der Waals surface area contributed by atoms with E-state index in [0.29, 0.717) is 0 Å². The Morgan fingerprint density at radius 1 is 1.47 bits per heavy atom. The van der Waals surface area contributed by atoms with Crippen LogP contribution in [0.4, 0.5) is 5.69 Å². The summed E-state index contributed by atoms with van der Waals surface area (Å²) in [4.78, 5) is 2.36. The SMILES string of the molecule is COc1cccc(N2CCCOC(C)C2)c1[C@@H](C)N. The fraction of sp³-hybridized carbons (Fsp3) is 0.600. The first-order valence-electron chi connectivity index (χ1n) is 6.92. The Morgan fingerprint density at radius 3 is 2.95 bits per heavy atom. The van der Waals surface area contributed by atoms with Crippen molar-refractivity contribution in [2.75, 3.05) is 31.7 Å². The van der Waals surface area contributed by atoms with E-state index < -0.39 is 0 Å². The van der Waals surface area contributed by atoms with Crippen LogP contribution in [0.5, 0.6) is 5.75 Å². The van der Waals surface area contributed by atoms with Gasteiger partial charge in [-0.15, -0.1) is 0 Å². The molecule has 1 unspecified atom stereocenters. The molecule has 1 aliphatic rings. The number of ether oxygens (including phenoxy) is 2. The highest BCUT2D eigenvalue weighted by molar-refractivity contribution is 5.61. The van der Waals surface area contributed by atoms with E-state index in [0.717, 1.165) is 37.4 Å². The highest BCUT2D eigenvalue weighted by Crippen LogP contribution is 2.34. The van der Waals surface area contributed by atoms with Crippen LogP contribution < -0.4 is 15.4 Å². The number of anilines is 1. The fourth-order valence-corrected chi connectivity index (χ4v) is 2.66. The third-order valence-corrected chi connectivity index (χ3v) is 3.51. The quantitative estimate of drug-likeness (QED) is 0.910. The van der Waals surface area contributed by atoms with E-state index in [-0.39, 0.29) is 12.1 Å². The summed E-state index contributed by atoms with van der Waals surface area (Å²) in [5.74, 6) is 0.866. The van der Waals surface area contributed by atoms with E-state index in [1.807, 2.05) is 19.1 Å². The lowest BCUT2D eigenvalue weighted by molar-refractivity contribution is 0.0820. The first kappa shape index (κ1) is 14.2. The van der Waals surface area contributed by atoms with Crippen LogP contribution in [-0.2, 0) is 4.74 Å². The van der Waals surface area contributed by atoms with Crippen LogP contribution in [0.3, 0.4) is 0 Å². The van der Waals surface area contributed by atoms with Crippen LogP contribution in [0.25, 0.3) is 0 Å². The molecule has 1 saturated heterocycles. The van der Waals surface area contributed by atoms with Gasteiger partial charge >= 0.3 is 0 Å². The van der Waals surface area contributed by atoms with Crippen molar-refractivity contribution in [3.8, 4) is 5.75 Å². The molecule has 2 N–H and O–H groups in total. The van der Waals surface area contributed by atoms with E-state index in [2.05, 4.69) is 17.9 Å². The molecule has 1 heterocycles. The van der Waals surface area contributed by atoms with Crippen molar-refractivity contribution in [1.82, 2.24) is 0 Å². The molecule has 19 heavy (non-hydrogen) atoms. The van der Waals surface area contributed by atoms with Crippen molar-refractivity contribution >= 4 is 5.69 Å². The van der Waals surface area contributed by atoms with Gasteiger partial charge in [-0.1, -0.05) is 6.07 Å². The van der Waals surface area contributed by atoms with E-state index in [1.165, 1.54) is 5.69 Å². The van der Waals surface area contributed by atoms with Crippen molar-refractivity contribution in [3.63, 3.8) is 0 Å². The van der Waals surface area contributed by atoms with E-state index in [4.69, 9.17) is 15.2 Å². The second-order valence-electron chi connectivity index (χ2n) is 5.16. The molecule has 1 aromatic carbocycles. The Hall–Kier alpha value is -1.26. The van der Waals surface area contributed by atoms with Crippen LogP contribution in [0.1, 0.15) is 31.9 Å². The Kier molecular flexibility index (Phi) is 4.66. The first-order valence-corrected chi connectivity index (χ1v) is 6.92. The van der Waals surface area contributed by atoms with Gasteiger partial charge in [0, 0.05) is 37.0 Å². The van der Waals surface area contributed by atoms with Gasteiger partial charge in [0.15, 0.2) is 0 Å². The molecule has 1 aliphatic heterocycles. The van der Waals surface area contributed by atoms with Crippen molar-refractivity contribution in [1.29, 1.82) is 0 Å². The molecule has 2 atom stereocenters. The predicted molar refractivity (Wildman–Crippen MR) is 77.8 cm³/mol. The second kappa shape index (κ2) is 6.26. The monoisotopic (exact) mass is 264 g/mol. The minimum atomic E-state index is -0.0503. The Balaban J connectivity index is 2.37. The number of hydrogen-bond donors (Lipinski definition) is 1. The van der Waals surface area contributed by atoms with Gasteiger partial charge in [-0.2, -0.15) is 0 Å². The van der Waals surface area contributed by atoms with Crippen LogP contribution in [0, 0.1) is 0 Å². The number of nitrogens with zero attached hydrogens (tertiary/aromatic N) is 1. The van der Waals surface area contributed by atoms with Gasteiger partial charge in [-0.3, -0.25) is 0 Å². The standard InChI is InChI=1S/C15H24N2O2/c1-11-10-17(8-5-9-19-11)13-6-4-7-14(18-3)15(13)12(2)16/h4,6-7,11-12H,5,8-10,16H2,1-3H3/t11?,12-/m1/s1. The molecule has 1 aromatic rings. The van der Waals surface area contributed by atoms with Gasteiger partial charge in [0.05, 0.1) is 13.2 Å². The van der Waals surface area contributed by atoms with Crippen molar-refractivity contribution in [2.24, 2.45) is 5.73 Å². The van der Waals surface area contributed by atoms with Crippen LogP contribution >= 0.6 is 0 Å². The molecular formula is C15H24N2O2. The Bertz CT molecular complexity index is 421. The molecule has 1 fully saturated rings. The normalized spacial score (nSPS) is 21.9. The zero-order valence-electron chi connectivity index (χ0n) is 12.1. The Labute approximate surface area is 115 Å². The third kappa shape index (κ3) is 3.19. The summed E-state index contributed by atoms with van der Waals surface area (Å²) in [6.07, 6.45) is 1.29. The number of methoxy groups -OCH3 is 1. The summed E-state index contributed by atoms with van der Waals surface area (Å²) >= 11 is 0. The molecule has 0 bridgehead atoms. The first-order chi connectivity index (χ1) is 9.13. The molecule has 106 valence electrons. The fourth-order valence-electron chi connectivity index (χ4n) is 2.66. The molecule has 4 nitrogen and oxygen atoms in total. The molecule has 0 radical (unpaired) electrons. The van der Waals surface area contributed by atoms with Crippen molar-refractivity contribution < 1.29 is 9.47 Å². The zero-order valence-corrected chi connectivity index (χ0v) is 12.1. The molecule has 0 amide bonds. The molecule has 2 rings (SSSR count). The molecule has 4 heteroatoms. The lowest BCUT2D eigenvalue weighted by atomic mass is 10.0. The third-order valence-electron chi connectivity index (χ3n) is 3.51. The lowest BCUT2D eigenvalue weighted by Gasteiger charge is -2.28. The number of hydrogen-bond acceptors (Lipinski definition) is 4. The molecular weight excluding hydrogens is 240 g/mol. The van der Waals surface area contributed by atoms with E-state index in [1.54, 1.807) is 7.11 Å². The van der Waals surface area contributed by atoms with E-state index >= 15 is 0 Å². The van der Waals surface area contributed by atoms with E-state index in [9.17, 15) is 0 Å². The van der Waals surface area contributed by atoms with Gasteiger partial charge in [0.1, 0.15) is 5.75 Å². The van der Waals surface area contributed by atoms with Gasteiger partial charge in [-0.25, -0.2) is 0 Å². The van der Waals surface area contributed by atoms with Crippen molar-refractivity contribution in [3.05, 3.63) is 23.8 Å². The van der Waals surface area contributed by atoms with Gasteiger partial charge in [0.2, 0.25) is 0 Å². The van der Waals surface area contributed by atoms with Gasteiger partial charge in [-0.05, 0) is 32.4 Å². The summed E-state index contributed by atoms with van der Waals surface area (Å²) in [5, 5.41) is 0. The minimum absolute atomic E-state index is 0.0503. The second-order valence-corrected chi connectivity index (χ2v) is 5.16. The topological polar surface area (TPSA) is 47.7 Å². The smallest absolute Gasteiger partial charge is 0.125 e. The van der Waals surface area contributed by atoms with Gasteiger partial charge < -0.3 is 20.1 Å². The molecule has 0 aromatic heterocycles. The Morgan fingerprint density at radius 2 is 2.26 bits per heavy atom. The highest BCUT2D eigenvalue weighted by Gasteiger charge is 2.21. The maximum Gasteiger partial charge on any atom is 0.125 e. The van der Waals surface area contributed by atoms with Gasteiger partial charge in [0.25, 0.3) is 0 Å². The number of benzene rings is 1. The zero-order chi connectivity index (χ0) is 13.8. The average molecular weight is 264 g/mol. The van der Waals surface area contributed by atoms with Crippen molar-refractivity contribution in [2.45, 2.75) is 32.4 Å². The largest absolute Gasteiger partial charge is 0.496 e. The number of nitrogens with two attached hydrogens (primary N) is 1. The summed E-state index contributed by atoms with van der Waals surface area (Å²) in [6, 6.07) is 6.07. The van der Waals surface area contributed by atoms with Crippen LogP contribution in [-0.4, -0.2) is 32.9 Å². The van der Waals surface area contributed by atoms with Crippen LogP contribution in [0.15, 0.2) is 18.2 Å². The number of rotatable bonds is 3. The summed E-state index contributed by atoms with van der Waals surface area (Å²) in [7, 11) is 1.69. The average Bonchev–Trinajstić information content (AvgIpc) is 2.62. The predicted octanol–water partition coefficient (Wildman–Crippen LogP) is 2.33. The lowest BCUT2D eigenvalue weighted by Crippen LogP contribution is -2.31. The van der Waals surface area contributed by atoms with Crippen LogP contribution in [0.2, 0.25) is 0 Å². The molecule has 0 aliphatic carbocycles. The molecule has 0 saturated carbocycles. The maximum absolute atomic E-state index is 6.13. The minimum Gasteiger partial charge on any atom is -0.496 e. The maximum atomic E-state index is 6.13. The molecule has 0 spiro atoms. The summed E-state index contributed by atoms with van der Waals surface area (Å²) < 4.78 is 11.2. The highest BCUT2D eigenvalue weighted by atomic mass is 16.5. The summed E-state index contributed by atoms with van der Waals surface area (Å²) in [6.45, 7) is 6.84.